The Morgan fingerprint density at radius 1 is 1.14 bits per heavy atom. The molecule has 1 fully saturated rings. The van der Waals surface area contributed by atoms with Gasteiger partial charge in [-0.1, -0.05) is 6.07 Å². The fourth-order valence-corrected chi connectivity index (χ4v) is 5.63. The summed E-state index contributed by atoms with van der Waals surface area (Å²) in [5.74, 6) is 1.03. The van der Waals surface area contributed by atoms with Gasteiger partial charge in [0.05, 0.1) is 25.1 Å². The Bertz CT molecular complexity index is 1330. The van der Waals surface area contributed by atoms with Gasteiger partial charge in [-0.05, 0) is 54.5 Å². The summed E-state index contributed by atoms with van der Waals surface area (Å²) in [6, 6.07) is 9.84. The Labute approximate surface area is 205 Å². The van der Waals surface area contributed by atoms with Crippen LogP contribution in [0.1, 0.15) is 29.7 Å². The number of hydrogen-bond acceptors (Lipinski definition) is 7. The fourth-order valence-electron chi connectivity index (χ4n) is 4.76. The Morgan fingerprint density at radius 3 is 2.69 bits per heavy atom. The van der Waals surface area contributed by atoms with Crippen LogP contribution in [0.2, 0.25) is 0 Å². The van der Waals surface area contributed by atoms with E-state index in [0.717, 1.165) is 38.0 Å². The zero-order valence-electron chi connectivity index (χ0n) is 19.8. The number of benzene rings is 1. The molecule has 10 heteroatoms. The summed E-state index contributed by atoms with van der Waals surface area (Å²) in [5, 5.41) is 4.30. The predicted octanol–water partition coefficient (Wildman–Crippen LogP) is 2.43. The molecule has 3 aromatic rings. The molecule has 1 aromatic carbocycles. The first-order valence-electron chi connectivity index (χ1n) is 11.9. The van der Waals surface area contributed by atoms with Crippen LogP contribution in [0.4, 0.5) is 0 Å². The van der Waals surface area contributed by atoms with E-state index in [4.69, 9.17) is 9.15 Å². The average Bonchev–Trinajstić information content (AvgIpc) is 3.38. The van der Waals surface area contributed by atoms with Crippen molar-refractivity contribution in [1.82, 2.24) is 19.0 Å². The molecule has 4 heterocycles. The molecule has 5 rings (SSSR count). The second-order valence-corrected chi connectivity index (χ2v) is 11.3. The summed E-state index contributed by atoms with van der Waals surface area (Å²) >= 11 is 0. The molecular formula is C25H30N4O5S. The zero-order chi connectivity index (χ0) is 24.4. The minimum atomic E-state index is -3.15. The van der Waals surface area contributed by atoms with E-state index >= 15 is 0 Å². The molecule has 186 valence electrons. The van der Waals surface area contributed by atoms with Crippen molar-refractivity contribution in [3.8, 4) is 11.4 Å². The van der Waals surface area contributed by atoms with Crippen LogP contribution in [0, 0.1) is 5.92 Å². The van der Waals surface area contributed by atoms with Gasteiger partial charge in [0, 0.05) is 44.6 Å². The summed E-state index contributed by atoms with van der Waals surface area (Å²) < 4.78 is 38.1. The molecule has 0 atom stereocenters. The lowest BCUT2D eigenvalue weighted by Gasteiger charge is -2.30. The molecule has 1 saturated heterocycles. The van der Waals surface area contributed by atoms with Crippen molar-refractivity contribution in [2.45, 2.75) is 32.4 Å². The summed E-state index contributed by atoms with van der Waals surface area (Å²) in [7, 11) is -3.15. The number of aromatic nitrogens is 2. The monoisotopic (exact) mass is 498 g/mol. The quantitative estimate of drug-likeness (QED) is 0.493. The SMILES string of the molecule is CS(=O)(=O)N1CCC(COc2coc(CN3CCc4cc(-n5cccn5)ccc4C3)cc2=O)CC1. The van der Waals surface area contributed by atoms with Gasteiger partial charge in [0.1, 0.15) is 12.0 Å². The number of fused-ring (bicyclic) bond motifs is 1. The second kappa shape index (κ2) is 9.96. The third-order valence-corrected chi connectivity index (χ3v) is 8.10. The third kappa shape index (κ3) is 5.66. The number of hydrogen-bond donors (Lipinski definition) is 0. The zero-order valence-corrected chi connectivity index (χ0v) is 20.6. The van der Waals surface area contributed by atoms with Crippen molar-refractivity contribution in [1.29, 1.82) is 0 Å². The Kier molecular flexibility index (Phi) is 6.77. The van der Waals surface area contributed by atoms with Gasteiger partial charge in [0.25, 0.3) is 0 Å². The minimum absolute atomic E-state index is 0.193. The summed E-state index contributed by atoms with van der Waals surface area (Å²) in [6.45, 7) is 3.59. The first-order chi connectivity index (χ1) is 16.8. The Morgan fingerprint density at radius 2 is 1.97 bits per heavy atom. The van der Waals surface area contributed by atoms with Crippen molar-refractivity contribution in [2.75, 3.05) is 32.5 Å². The first kappa shape index (κ1) is 23.8. The van der Waals surface area contributed by atoms with Crippen molar-refractivity contribution in [3.05, 3.63) is 76.1 Å². The molecule has 0 spiro atoms. The van der Waals surface area contributed by atoms with E-state index in [9.17, 15) is 13.2 Å². The molecule has 0 unspecified atom stereocenters. The third-order valence-electron chi connectivity index (χ3n) is 6.80. The predicted molar refractivity (Wildman–Crippen MR) is 131 cm³/mol. The normalized spacial score (nSPS) is 17.9. The van der Waals surface area contributed by atoms with Gasteiger partial charge < -0.3 is 9.15 Å². The van der Waals surface area contributed by atoms with E-state index in [1.54, 1.807) is 6.20 Å². The maximum Gasteiger partial charge on any atom is 0.227 e. The van der Waals surface area contributed by atoms with Crippen molar-refractivity contribution in [3.63, 3.8) is 0 Å². The topological polar surface area (TPSA) is 97.9 Å². The van der Waals surface area contributed by atoms with Crippen molar-refractivity contribution >= 4 is 10.0 Å². The molecule has 0 saturated carbocycles. The van der Waals surface area contributed by atoms with Crippen LogP contribution in [0.25, 0.3) is 5.69 Å². The number of piperidine rings is 1. The summed E-state index contributed by atoms with van der Waals surface area (Å²) in [5.41, 5.74) is 3.46. The lowest BCUT2D eigenvalue weighted by atomic mass is 9.99. The molecule has 2 aliphatic rings. The van der Waals surface area contributed by atoms with Crippen molar-refractivity contribution < 1.29 is 17.6 Å². The molecule has 2 aliphatic heterocycles. The van der Waals surface area contributed by atoms with E-state index in [1.165, 1.54) is 34.0 Å². The minimum Gasteiger partial charge on any atom is -0.486 e. The van der Waals surface area contributed by atoms with E-state index in [2.05, 4.69) is 28.2 Å². The number of ether oxygens (including phenoxy) is 1. The standard InChI is InChI=1S/C25H30N4O5S/c1-35(31,32)28-11-5-19(6-12-28)17-34-25-18-33-23(14-24(25)30)16-27-10-7-20-13-22(4-3-21(20)15-27)29-9-2-8-26-29/h2-4,8-9,13-14,18-19H,5-7,10-12,15-17H2,1H3. The Hall–Kier alpha value is -2.95. The van der Waals surface area contributed by atoms with Crippen LogP contribution in [0.5, 0.6) is 5.75 Å². The van der Waals surface area contributed by atoms with Crippen LogP contribution in [-0.4, -0.2) is 59.9 Å². The van der Waals surface area contributed by atoms with E-state index in [-0.39, 0.29) is 17.1 Å². The smallest absolute Gasteiger partial charge is 0.227 e. The number of sulfonamides is 1. The fraction of sp³-hybridized carbons (Fsp3) is 0.440. The van der Waals surface area contributed by atoms with Gasteiger partial charge in [-0.15, -0.1) is 0 Å². The second-order valence-electron chi connectivity index (χ2n) is 9.36. The Balaban J connectivity index is 1.15. The highest BCUT2D eigenvalue weighted by Crippen LogP contribution is 2.24. The maximum absolute atomic E-state index is 12.6. The van der Waals surface area contributed by atoms with Gasteiger partial charge in [-0.3, -0.25) is 9.69 Å². The lowest BCUT2D eigenvalue weighted by molar-refractivity contribution is 0.179. The van der Waals surface area contributed by atoms with E-state index in [1.807, 2.05) is 16.9 Å². The largest absolute Gasteiger partial charge is 0.486 e. The van der Waals surface area contributed by atoms with Crippen LogP contribution < -0.4 is 10.2 Å². The van der Waals surface area contributed by atoms with Crippen LogP contribution in [-0.2, 0) is 29.5 Å². The molecule has 0 amide bonds. The van der Waals surface area contributed by atoms with Crippen molar-refractivity contribution in [2.24, 2.45) is 5.92 Å². The molecule has 35 heavy (non-hydrogen) atoms. The van der Waals surface area contributed by atoms with E-state index < -0.39 is 10.0 Å². The maximum atomic E-state index is 12.6. The molecule has 9 nitrogen and oxygen atoms in total. The number of rotatable bonds is 7. The van der Waals surface area contributed by atoms with Gasteiger partial charge in [0.15, 0.2) is 0 Å². The van der Waals surface area contributed by atoms with Crippen LogP contribution in [0.15, 0.2) is 58.2 Å². The van der Waals surface area contributed by atoms with Gasteiger partial charge >= 0.3 is 0 Å². The molecule has 2 aromatic heterocycles. The summed E-state index contributed by atoms with van der Waals surface area (Å²) in [6.07, 6.45) is 8.71. The lowest BCUT2D eigenvalue weighted by Crippen LogP contribution is -2.39. The van der Waals surface area contributed by atoms with Crippen LogP contribution >= 0.6 is 0 Å². The average molecular weight is 499 g/mol. The molecule has 0 bridgehead atoms. The number of nitrogens with zero attached hydrogens (tertiary/aromatic N) is 4. The molecular weight excluding hydrogens is 468 g/mol. The molecule has 0 aliphatic carbocycles. The summed E-state index contributed by atoms with van der Waals surface area (Å²) in [4.78, 5) is 14.9. The van der Waals surface area contributed by atoms with Crippen LogP contribution in [0.3, 0.4) is 0 Å². The molecule has 0 radical (unpaired) electrons. The highest BCUT2D eigenvalue weighted by molar-refractivity contribution is 7.88. The molecule has 0 N–H and O–H groups in total. The van der Waals surface area contributed by atoms with E-state index in [0.29, 0.717) is 32.0 Å². The van der Waals surface area contributed by atoms with Gasteiger partial charge in [-0.25, -0.2) is 17.4 Å². The highest BCUT2D eigenvalue weighted by Gasteiger charge is 2.25. The highest BCUT2D eigenvalue weighted by atomic mass is 32.2. The first-order valence-corrected chi connectivity index (χ1v) is 13.7. The van der Waals surface area contributed by atoms with Gasteiger partial charge in [0.2, 0.25) is 21.2 Å². The van der Waals surface area contributed by atoms with Gasteiger partial charge in [-0.2, -0.15) is 5.10 Å².